The van der Waals surface area contributed by atoms with E-state index in [2.05, 4.69) is 15.9 Å². The normalized spacial score (nSPS) is 15.1. The van der Waals surface area contributed by atoms with Gasteiger partial charge in [0.2, 0.25) is 0 Å². The highest BCUT2D eigenvalue weighted by atomic mass is 79.9. The standard InChI is InChI=1S/C8H7BrO3/c9-6-1-5-3-11-4-12-8(5)2-7(6)10/h1-2,10H,3-4H2. The van der Waals surface area contributed by atoms with Crippen molar-refractivity contribution < 1.29 is 14.6 Å². The fraction of sp³-hybridized carbons (Fsp3) is 0.250. The lowest BCUT2D eigenvalue weighted by Crippen LogP contribution is -2.10. The van der Waals surface area contributed by atoms with Gasteiger partial charge in [-0.25, -0.2) is 0 Å². The molecule has 1 heterocycles. The predicted octanol–water partition coefficient (Wildman–Crippen LogP) is 2.02. The summed E-state index contributed by atoms with van der Waals surface area (Å²) in [5.41, 5.74) is 0.950. The molecule has 0 bridgehead atoms. The highest BCUT2D eigenvalue weighted by Gasteiger charge is 2.12. The molecule has 4 heteroatoms. The molecule has 0 aliphatic carbocycles. The number of hydrogen-bond acceptors (Lipinski definition) is 3. The number of halogens is 1. The van der Waals surface area contributed by atoms with Gasteiger partial charge in [-0.1, -0.05) is 0 Å². The van der Waals surface area contributed by atoms with Gasteiger partial charge in [-0.05, 0) is 22.0 Å². The number of phenolic OH excluding ortho intramolecular Hbond substituents is 1. The first-order valence-electron chi connectivity index (χ1n) is 3.49. The van der Waals surface area contributed by atoms with Crippen LogP contribution in [0.4, 0.5) is 0 Å². The molecule has 0 saturated carbocycles. The Morgan fingerprint density at radius 1 is 1.42 bits per heavy atom. The van der Waals surface area contributed by atoms with Crippen molar-refractivity contribution in [1.29, 1.82) is 0 Å². The van der Waals surface area contributed by atoms with E-state index in [1.165, 1.54) is 0 Å². The Morgan fingerprint density at radius 3 is 3.08 bits per heavy atom. The molecule has 1 N–H and O–H groups in total. The Balaban J connectivity index is 2.49. The molecule has 1 aromatic carbocycles. The Labute approximate surface area is 78.0 Å². The van der Waals surface area contributed by atoms with Crippen molar-refractivity contribution in [1.82, 2.24) is 0 Å². The van der Waals surface area contributed by atoms with E-state index in [9.17, 15) is 5.11 Å². The molecule has 0 fully saturated rings. The minimum Gasteiger partial charge on any atom is -0.507 e. The Bertz CT molecular complexity index is 280. The van der Waals surface area contributed by atoms with Gasteiger partial charge in [0.25, 0.3) is 0 Å². The van der Waals surface area contributed by atoms with E-state index < -0.39 is 0 Å². The zero-order chi connectivity index (χ0) is 8.55. The van der Waals surface area contributed by atoms with Gasteiger partial charge in [-0.15, -0.1) is 0 Å². The maximum absolute atomic E-state index is 9.31. The van der Waals surface area contributed by atoms with E-state index in [4.69, 9.17) is 9.47 Å². The fourth-order valence-electron chi connectivity index (χ4n) is 1.09. The number of phenols is 1. The van der Waals surface area contributed by atoms with Gasteiger partial charge in [0.15, 0.2) is 6.79 Å². The minimum absolute atomic E-state index is 0.190. The smallest absolute Gasteiger partial charge is 0.189 e. The third-order valence-corrected chi connectivity index (χ3v) is 2.32. The van der Waals surface area contributed by atoms with Crippen molar-refractivity contribution in [2.75, 3.05) is 6.79 Å². The van der Waals surface area contributed by atoms with Crippen molar-refractivity contribution in [2.45, 2.75) is 6.61 Å². The van der Waals surface area contributed by atoms with Crippen LogP contribution >= 0.6 is 15.9 Å². The third kappa shape index (κ3) is 1.28. The maximum Gasteiger partial charge on any atom is 0.189 e. The lowest BCUT2D eigenvalue weighted by Gasteiger charge is -2.17. The molecular formula is C8H7BrO3. The number of hydrogen-bond donors (Lipinski definition) is 1. The van der Waals surface area contributed by atoms with Gasteiger partial charge in [-0.3, -0.25) is 0 Å². The monoisotopic (exact) mass is 230 g/mol. The van der Waals surface area contributed by atoms with E-state index in [1.807, 2.05) is 0 Å². The lowest BCUT2D eigenvalue weighted by molar-refractivity contribution is -0.0165. The van der Waals surface area contributed by atoms with Gasteiger partial charge >= 0.3 is 0 Å². The van der Waals surface area contributed by atoms with Crippen molar-refractivity contribution in [3.05, 3.63) is 22.2 Å². The Hall–Kier alpha value is -0.740. The topological polar surface area (TPSA) is 38.7 Å². The molecule has 0 amide bonds. The van der Waals surface area contributed by atoms with Crippen LogP contribution in [0, 0.1) is 0 Å². The first-order chi connectivity index (χ1) is 5.77. The summed E-state index contributed by atoms with van der Waals surface area (Å²) in [5.74, 6) is 0.887. The summed E-state index contributed by atoms with van der Waals surface area (Å²) < 4.78 is 10.9. The third-order valence-electron chi connectivity index (χ3n) is 1.69. The molecule has 0 radical (unpaired) electrons. The minimum atomic E-state index is 0.190. The largest absolute Gasteiger partial charge is 0.507 e. The van der Waals surface area contributed by atoms with Crippen LogP contribution in [-0.4, -0.2) is 11.9 Å². The van der Waals surface area contributed by atoms with E-state index in [0.29, 0.717) is 16.8 Å². The van der Waals surface area contributed by atoms with Gasteiger partial charge in [0.05, 0.1) is 11.1 Å². The first-order valence-corrected chi connectivity index (χ1v) is 4.28. The van der Waals surface area contributed by atoms with Crippen molar-refractivity contribution in [2.24, 2.45) is 0 Å². The average Bonchev–Trinajstić information content (AvgIpc) is 2.07. The molecule has 0 spiro atoms. The van der Waals surface area contributed by atoms with E-state index >= 15 is 0 Å². The van der Waals surface area contributed by atoms with E-state index in [-0.39, 0.29) is 12.5 Å². The van der Waals surface area contributed by atoms with Crippen LogP contribution in [0.3, 0.4) is 0 Å². The van der Waals surface area contributed by atoms with Gasteiger partial charge in [-0.2, -0.15) is 0 Å². The molecule has 3 nitrogen and oxygen atoms in total. The second kappa shape index (κ2) is 2.95. The molecule has 12 heavy (non-hydrogen) atoms. The zero-order valence-corrected chi connectivity index (χ0v) is 7.80. The van der Waals surface area contributed by atoms with Crippen molar-refractivity contribution in [3.8, 4) is 11.5 Å². The van der Waals surface area contributed by atoms with Crippen molar-refractivity contribution in [3.63, 3.8) is 0 Å². The molecule has 0 unspecified atom stereocenters. The fourth-order valence-corrected chi connectivity index (χ4v) is 1.48. The summed E-state index contributed by atoms with van der Waals surface area (Å²) in [6.45, 7) is 0.794. The molecule has 0 aromatic heterocycles. The Morgan fingerprint density at radius 2 is 2.25 bits per heavy atom. The van der Waals surface area contributed by atoms with Gasteiger partial charge < -0.3 is 14.6 Å². The van der Waals surface area contributed by atoms with E-state index in [0.717, 1.165) is 5.56 Å². The summed E-state index contributed by atoms with van der Waals surface area (Å²) in [7, 11) is 0. The summed E-state index contributed by atoms with van der Waals surface area (Å²) in [4.78, 5) is 0. The second-order valence-electron chi connectivity index (χ2n) is 2.52. The summed E-state index contributed by atoms with van der Waals surface area (Å²) in [5, 5.41) is 9.31. The predicted molar refractivity (Wildman–Crippen MR) is 46.1 cm³/mol. The van der Waals surface area contributed by atoms with Gasteiger partial charge in [0.1, 0.15) is 11.5 Å². The number of ether oxygens (including phenoxy) is 2. The van der Waals surface area contributed by atoms with Crippen LogP contribution < -0.4 is 4.74 Å². The first kappa shape index (κ1) is 7.89. The molecule has 64 valence electrons. The van der Waals surface area contributed by atoms with Crippen LogP contribution in [-0.2, 0) is 11.3 Å². The number of rotatable bonds is 0. The number of benzene rings is 1. The van der Waals surface area contributed by atoms with Crippen LogP contribution in [0.25, 0.3) is 0 Å². The van der Waals surface area contributed by atoms with Crippen LogP contribution in [0.15, 0.2) is 16.6 Å². The van der Waals surface area contributed by atoms with Crippen LogP contribution in [0.1, 0.15) is 5.56 Å². The summed E-state index contributed by atoms with van der Waals surface area (Å²) in [6, 6.07) is 3.38. The van der Waals surface area contributed by atoms with Crippen LogP contribution in [0.5, 0.6) is 11.5 Å². The molecule has 1 aliphatic heterocycles. The lowest BCUT2D eigenvalue weighted by atomic mass is 10.2. The molecular weight excluding hydrogens is 224 g/mol. The zero-order valence-electron chi connectivity index (χ0n) is 6.21. The molecule has 0 atom stereocenters. The van der Waals surface area contributed by atoms with E-state index in [1.54, 1.807) is 12.1 Å². The SMILES string of the molecule is Oc1cc2c(cc1Br)COCO2. The summed E-state index contributed by atoms with van der Waals surface area (Å²) in [6.07, 6.45) is 0. The average molecular weight is 231 g/mol. The van der Waals surface area contributed by atoms with Crippen LogP contribution in [0.2, 0.25) is 0 Å². The summed E-state index contributed by atoms with van der Waals surface area (Å²) >= 11 is 3.21. The maximum atomic E-state index is 9.31. The number of aromatic hydroxyl groups is 1. The molecule has 1 aromatic rings. The van der Waals surface area contributed by atoms with Gasteiger partial charge in [0, 0.05) is 11.6 Å². The number of fused-ring (bicyclic) bond motifs is 1. The molecule has 2 rings (SSSR count). The quantitative estimate of drug-likeness (QED) is 0.742. The molecule has 0 saturated heterocycles. The highest BCUT2D eigenvalue weighted by molar-refractivity contribution is 9.10. The Kier molecular flexibility index (Phi) is 1.94. The van der Waals surface area contributed by atoms with Crippen molar-refractivity contribution >= 4 is 15.9 Å². The second-order valence-corrected chi connectivity index (χ2v) is 3.38. The molecule has 1 aliphatic rings. The highest BCUT2D eigenvalue weighted by Crippen LogP contribution is 2.33.